The van der Waals surface area contributed by atoms with Crippen LogP contribution in [-0.4, -0.2) is 55.6 Å². The molecule has 2 heterocycles. The van der Waals surface area contributed by atoms with Crippen LogP contribution in [0.5, 0.6) is 5.75 Å². The van der Waals surface area contributed by atoms with Crippen molar-refractivity contribution in [3.8, 4) is 5.75 Å². The lowest BCUT2D eigenvalue weighted by Crippen LogP contribution is -2.44. The van der Waals surface area contributed by atoms with Crippen molar-refractivity contribution in [1.29, 1.82) is 0 Å². The number of hydrogen-bond acceptors (Lipinski definition) is 5. The van der Waals surface area contributed by atoms with Gasteiger partial charge in [-0.1, -0.05) is 24.3 Å². The fourth-order valence-corrected chi connectivity index (χ4v) is 3.55. The molecule has 2 aromatic carbocycles. The van der Waals surface area contributed by atoms with Crippen LogP contribution in [-0.2, 0) is 0 Å². The highest BCUT2D eigenvalue weighted by Gasteiger charge is 2.17. The van der Waals surface area contributed by atoms with E-state index in [1.165, 1.54) is 0 Å². The van der Waals surface area contributed by atoms with Crippen molar-refractivity contribution in [2.24, 2.45) is 0 Å². The van der Waals surface area contributed by atoms with Crippen LogP contribution in [0.4, 0.5) is 11.5 Å². The Labute approximate surface area is 171 Å². The van der Waals surface area contributed by atoms with E-state index < -0.39 is 0 Å². The molecular formula is C23H26N4O2. The summed E-state index contributed by atoms with van der Waals surface area (Å²) in [6.45, 7) is 6.40. The highest BCUT2D eigenvalue weighted by molar-refractivity contribution is 6.08. The van der Waals surface area contributed by atoms with Gasteiger partial charge in [-0.2, -0.15) is 0 Å². The highest BCUT2D eigenvalue weighted by atomic mass is 16.5. The van der Waals surface area contributed by atoms with Crippen LogP contribution in [0.15, 0.2) is 54.7 Å². The smallest absolute Gasteiger partial charge is 0.259 e. The van der Waals surface area contributed by atoms with Crippen molar-refractivity contribution in [3.63, 3.8) is 0 Å². The third-order valence-electron chi connectivity index (χ3n) is 5.23. The second kappa shape index (κ2) is 8.49. The first-order chi connectivity index (χ1) is 14.1. The van der Waals surface area contributed by atoms with E-state index >= 15 is 0 Å². The van der Waals surface area contributed by atoms with Crippen LogP contribution in [0.25, 0.3) is 10.8 Å². The monoisotopic (exact) mass is 390 g/mol. The highest BCUT2D eigenvalue weighted by Crippen LogP contribution is 2.27. The third kappa shape index (κ3) is 4.32. The fourth-order valence-electron chi connectivity index (χ4n) is 3.55. The normalized spacial score (nSPS) is 14.8. The van der Waals surface area contributed by atoms with Gasteiger partial charge in [-0.25, -0.2) is 4.98 Å². The largest absolute Gasteiger partial charge is 0.493 e. The summed E-state index contributed by atoms with van der Waals surface area (Å²) in [5, 5.41) is 5.00. The molecule has 1 amide bonds. The van der Waals surface area contributed by atoms with E-state index in [0.29, 0.717) is 23.6 Å². The molecule has 0 unspecified atom stereocenters. The first kappa shape index (κ1) is 19.2. The SMILES string of the molecule is CCOc1cc2ccccc2cc1C(=O)Nc1ccc(N2CCN(C)CC2)nc1. The number of carbonyl (C=O) groups excluding carboxylic acids is 1. The zero-order valence-corrected chi connectivity index (χ0v) is 16.9. The zero-order valence-electron chi connectivity index (χ0n) is 16.9. The van der Waals surface area contributed by atoms with Gasteiger partial charge in [-0.3, -0.25) is 4.79 Å². The number of nitrogens with zero attached hydrogens (tertiary/aromatic N) is 3. The molecule has 150 valence electrons. The number of fused-ring (bicyclic) bond motifs is 1. The number of rotatable bonds is 5. The lowest BCUT2D eigenvalue weighted by Gasteiger charge is -2.33. The number of ether oxygens (including phenoxy) is 1. The minimum Gasteiger partial charge on any atom is -0.493 e. The predicted octanol–water partition coefficient (Wildman–Crippen LogP) is 3.64. The summed E-state index contributed by atoms with van der Waals surface area (Å²) in [6.07, 6.45) is 1.72. The Kier molecular flexibility index (Phi) is 5.62. The molecule has 0 bridgehead atoms. The zero-order chi connectivity index (χ0) is 20.2. The van der Waals surface area contributed by atoms with Crippen molar-refractivity contribution < 1.29 is 9.53 Å². The van der Waals surface area contributed by atoms with Crippen molar-refractivity contribution >= 4 is 28.2 Å². The molecule has 4 rings (SSSR count). The summed E-state index contributed by atoms with van der Waals surface area (Å²) >= 11 is 0. The van der Waals surface area contributed by atoms with Gasteiger partial charge in [0, 0.05) is 26.2 Å². The van der Waals surface area contributed by atoms with Gasteiger partial charge in [0.15, 0.2) is 0 Å². The number of piperazine rings is 1. The van der Waals surface area contributed by atoms with Crippen molar-refractivity contribution in [2.45, 2.75) is 6.92 Å². The first-order valence-corrected chi connectivity index (χ1v) is 10.0. The van der Waals surface area contributed by atoms with Crippen LogP contribution in [0.1, 0.15) is 17.3 Å². The minimum absolute atomic E-state index is 0.201. The number of pyridine rings is 1. The Morgan fingerprint density at radius 3 is 2.45 bits per heavy atom. The van der Waals surface area contributed by atoms with Crippen LogP contribution < -0.4 is 15.0 Å². The van der Waals surface area contributed by atoms with Gasteiger partial charge in [0.1, 0.15) is 11.6 Å². The molecule has 1 fully saturated rings. The Morgan fingerprint density at radius 2 is 1.79 bits per heavy atom. The molecule has 0 radical (unpaired) electrons. The summed E-state index contributed by atoms with van der Waals surface area (Å²) < 4.78 is 5.72. The summed E-state index contributed by atoms with van der Waals surface area (Å²) in [5.41, 5.74) is 1.19. The van der Waals surface area contributed by atoms with Crippen molar-refractivity contribution in [1.82, 2.24) is 9.88 Å². The van der Waals surface area contributed by atoms with Crippen molar-refractivity contribution in [3.05, 3.63) is 60.3 Å². The average molecular weight is 390 g/mol. The third-order valence-corrected chi connectivity index (χ3v) is 5.23. The molecule has 0 aliphatic carbocycles. The standard InChI is InChI=1S/C23H26N4O2/c1-3-29-21-15-18-7-5-4-6-17(18)14-20(21)23(28)25-19-8-9-22(24-16-19)27-12-10-26(2)11-13-27/h4-9,14-16H,3,10-13H2,1-2H3,(H,25,28). The lowest BCUT2D eigenvalue weighted by molar-refractivity contribution is 0.102. The molecule has 1 saturated heterocycles. The second-order valence-electron chi connectivity index (χ2n) is 7.28. The number of benzene rings is 2. The minimum atomic E-state index is -0.201. The van der Waals surface area contributed by atoms with Gasteiger partial charge in [-0.15, -0.1) is 0 Å². The molecule has 1 aliphatic heterocycles. The van der Waals surface area contributed by atoms with Gasteiger partial charge in [0.25, 0.3) is 5.91 Å². The summed E-state index contributed by atoms with van der Waals surface area (Å²) in [6, 6.07) is 15.6. The second-order valence-corrected chi connectivity index (χ2v) is 7.28. The van der Waals surface area contributed by atoms with Crippen LogP contribution in [0.2, 0.25) is 0 Å². The van der Waals surface area contributed by atoms with E-state index in [-0.39, 0.29) is 5.91 Å². The molecule has 0 saturated carbocycles. The van der Waals surface area contributed by atoms with E-state index in [1.807, 2.05) is 55.5 Å². The Morgan fingerprint density at radius 1 is 1.07 bits per heavy atom. The van der Waals surface area contributed by atoms with Gasteiger partial charge in [0.05, 0.1) is 24.1 Å². The number of amides is 1. The summed E-state index contributed by atoms with van der Waals surface area (Å²) in [4.78, 5) is 22.1. The van der Waals surface area contributed by atoms with Gasteiger partial charge in [-0.05, 0) is 49.0 Å². The van der Waals surface area contributed by atoms with E-state index in [2.05, 4.69) is 27.1 Å². The average Bonchev–Trinajstić information content (AvgIpc) is 2.74. The maximum absolute atomic E-state index is 12.9. The topological polar surface area (TPSA) is 57.7 Å². The molecule has 1 N–H and O–H groups in total. The Bertz CT molecular complexity index is 995. The van der Waals surface area contributed by atoms with Gasteiger partial charge < -0.3 is 19.9 Å². The maximum Gasteiger partial charge on any atom is 0.259 e. The van der Waals surface area contributed by atoms with Gasteiger partial charge >= 0.3 is 0 Å². The van der Waals surface area contributed by atoms with E-state index in [9.17, 15) is 4.79 Å². The summed E-state index contributed by atoms with van der Waals surface area (Å²) in [5.74, 6) is 1.33. The van der Waals surface area contributed by atoms with E-state index in [1.54, 1.807) is 6.20 Å². The summed E-state index contributed by atoms with van der Waals surface area (Å²) in [7, 11) is 2.13. The van der Waals surface area contributed by atoms with Crippen LogP contribution >= 0.6 is 0 Å². The Balaban J connectivity index is 1.52. The molecule has 1 aromatic heterocycles. The number of carbonyl (C=O) groups is 1. The van der Waals surface area contributed by atoms with E-state index in [4.69, 9.17) is 4.74 Å². The number of aromatic nitrogens is 1. The molecule has 3 aromatic rings. The predicted molar refractivity (Wildman–Crippen MR) is 117 cm³/mol. The quantitative estimate of drug-likeness (QED) is 0.721. The Hall–Kier alpha value is -3.12. The molecule has 6 heteroatoms. The lowest BCUT2D eigenvalue weighted by atomic mass is 10.1. The molecule has 29 heavy (non-hydrogen) atoms. The maximum atomic E-state index is 12.9. The number of hydrogen-bond donors (Lipinski definition) is 1. The number of likely N-dealkylation sites (N-methyl/N-ethyl adjacent to an activating group) is 1. The number of anilines is 2. The van der Waals surface area contributed by atoms with Crippen molar-refractivity contribution in [2.75, 3.05) is 50.1 Å². The molecule has 0 spiro atoms. The van der Waals surface area contributed by atoms with Gasteiger partial charge in [0.2, 0.25) is 0 Å². The first-order valence-electron chi connectivity index (χ1n) is 10.0. The van der Waals surface area contributed by atoms with Crippen LogP contribution in [0.3, 0.4) is 0 Å². The molecule has 1 aliphatic rings. The number of nitrogens with one attached hydrogen (secondary N) is 1. The molecular weight excluding hydrogens is 364 g/mol. The van der Waals surface area contributed by atoms with Crippen LogP contribution in [0, 0.1) is 0 Å². The molecule has 6 nitrogen and oxygen atoms in total. The fraction of sp³-hybridized carbons (Fsp3) is 0.304. The molecule has 0 atom stereocenters. The van der Waals surface area contributed by atoms with E-state index in [0.717, 1.165) is 42.8 Å².